The van der Waals surface area contributed by atoms with Crippen molar-refractivity contribution in [2.24, 2.45) is 0 Å². The van der Waals surface area contributed by atoms with Crippen molar-refractivity contribution in [1.29, 1.82) is 0 Å². The molecular weight excluding hydrogens is 226 g/mol. The maximum atomic E-state index is 11.9. The lowest BCUT2D eigenvalue weighted by atomic mass is 10.3. The van der Waals surface area contributed by atoms with Gasteiger partial charge in [0.2, 0.25) is 5.91 Å². The van der Waals surface area contributed by atoms with Crippen LogP contribution in [0.2, 0.25) is 0 Å². The van der Waals surface area contributed by atoms with Gasteiger partial charge >= 0.3 is 0 Å². The molecule has 86 valence electrons. The number of rotatable bonds is 1. The highest BCUT2D eigenvalue weighted by Crippen LogP contribution is 2.09. The van der Waals surface area contributed by atoms with E-state index in [4.69, 9.17) is 0 Å². The summed E-state index contributed by atoms with van der Waals surface area (Å²) in [6.45, 7) is 3.97. The molecule has 0 unspecified atom stereocenters. The van der Waals surface area contributed by atoms with Crippen molar-refractivity contribution < 1.29 is 9.59 Å². The molecule has 2 heterocycles. The van der Waals surface area contributed by atoms with Crippen LogP contribution in [0, 0.1) is 0 Å². The Morgan fingerprint density at radius 2 is 1.88 bits per heavy atom. The number of aromatic nitrogens is 1. The zero-order valence-corrected chi connectivity index (χ0v) is 9.87. The van der Waals surface area contributed by atoms with Crippen LogP contribution in [0.5, 0.6) is 0 Å². The van der Waals surface area contributed by atoms with Gasteiger partial charge in [0.05, 0.1) is 5.51 Å². The van der Waals surface area contributed by atoms with Crippen LogP contribution in [0.1, 0.15) is 17.4 Å². The molecule has 0 saturated carbocycles. The molecule has 1 fully saturated rings. The lowest BCUT2D eigenvalue weighted by molar-refractivity contribution is -0.130. The second-order valence-corrected chi connectivity index (χ2v) is 4.39. The predicted molar refractivity (Wildman–Crippen MR) is 60.3 cm³/mol. The molecule has 1 aliphatic rings. The summed E-state index contributed by atoms with van der Waals surface area (Å²) in [6, 6.07) is 0. The van der Waals surface area contributed by atoms with Gasteiger partial charge in [-0.1, -0.05) is 0 Å². The summed E-state index contributed by atoms with van der Waals surface area (Å²) in [5.41, 5.74) is 2.15. The molecule has 2 amide bonds. The zero-order chi connectivity index (χ0) is 11.5. The molecule has 1 aliphatic heterocycles. The van der Waals surface area contributed by atoms with Crippen LogP contribution in [0.3, 0.4) is 0 Å². The highest BCUT2D eigenvalue weighted by Gasteiger charge is 2.23. The van der Waals surface area contributed by atoms with Crippen molar-refractivity contribution in [3.05, 3.63) is 16.6 Å². The second kappa shape index (κ2) is 4.61. The summed E-state index contributed by atoms with van der Waals surface area (Å²) >= 11 is 1.41. The van der Waals surface area contributed by atoms with Crippen molar-refractivity contribution in [2.45, 2.75) is 6.92 Å². The van der Waals surface area contributed by atoms with Gasteiger partial charge in [-0.05, 0) is 0 Å². The molecule has 1 aromatic heterocycles. The number of carbonyl (C=O) groups excluding carboxylic acids is 2. The first-order chi connectivity index (χ1) is 7.68. The van der Waals surface area contributed by atoms with Crippen molar-refractivity contribution in [3.63, 3.8) is 0 Å². The van der Waals surface area contributed by atoms with Crippen LogP contribution < -0.4 is 0 Å². The maximum absolute atomic E-state index is 11.9. The zero-order valence-electron chi connectivity index (χ0n) is 9.05. The normalized spacial score (nSPS) is 16.3. The third kappa shape index (κ3) is 2.21. The molecule has 0 spiro atoms. The molecule has 0 atom stereocenters. The Hall–Kier alpha value is -1.43. The maximum Gasteiger partial charge on any atom is 0.273 e. The van der Waals surface area contributed by atoms with E-state index in [0.717, 1.165) is 0 Å². The van der Waals surface area contributed by atoms with Crippen molar-refractivity contribution >= 4 is 23.2 Å². The van der Waals surface area contributed by atoms with Crippen LogP contribution in [0.25, 0.3) is 0 Å². The predicted octanol–water partition coefficient (Wildman–Crippen LogP) is 0.447. The SMILES string of the molecule is CC(=O)N1CCN(C(=O)c2cscn2)CC1. The highest BCUT2D eigenvalue weighted by atomic mass is 32.1. The van der Waals surface area contributed by atoms with Crippen molar-refractivity contribution in [3.8, 4) is 0 Å². The largest absolute Gasteiger partial charge is 0.339 e. The minimum atomic E-state index is -0.0375. The van der Waals surface area contributed by atoms with E-state index < -0.39 is 0 Å². The van der Waals surface area contributed by atoms with Gasteiger partial charge in [-0.2, -0.15) is 0 Å². The molecule has 5 nitrogen and oxygen atoms in total. The summed E-state index contributed by atoms with van der Waals surface area (Å²) < 4.78 is 0. The molecule has 1 aromatic rings. The minimum absolute atomic E-state index is 0.0375. The van der Waals surface area contributed by atoms with Gasteiger partial charge in [-0.15, -0.1) is 11.3 Å². The number of thiazole rings is 1. The topological polar surface area (TPSA) is 53.5 Å². The minimum Gasteiger partial charge on any atom is -0.339 e. The third-order valence-corrected chi connectivity index (χ3v) is 3.25. The van der Waals surface area contributed by atoms with Gasteiger partial charge in [-0.3, -0.25) is 9.59 Å². The lowest BCUT2D eigenvalue weighted by Gasteiger charge is -2.33. The van der Waals surface area contributed by atoms with Crippen molar-refractivity contribution in [2.75, 3.05) is 26.2 Å². The smallest absolute Gasteiger partial charge is 0.273 e. The average molecular weight is 239 g/mol. The molecule has 0 bridgehead atoms. The molecule has 0 N–H and O–H groups in total. The molecule has 0 aromatic carbocycles. The quantitative estimate of drug-likeness (QED) is 0.715. The summed E-state index contributed by atoms with van der Waals surface area (Å²) in [6.07, 6.45) is 0. The Bertz CT molecular complexity index is 383. The monoisotopic (exact) mass is 239 g/mol. The molecular formula is C10H13N3O2S. The van der Waals surface area contributed by atoms with Gasteiger partial charge in [0.25, 0.3) is 5.91 Å². The molecule has 2 rings (SSSR count). The van der Waals surface area contributed by atoms with E-state index in [1.54, 1.807) is 27.6 Å². The van der Waals surface area contributed by atoms with Crippen LogP contribution in [-0.4, -0.2) is 52.8 Å². The third-order valence-electron chi connectivity index (χ3n) is 2.66. The fourth-order valence-corrected chi connectivity index (χ4v) is 2.23. The average Bonchev–Trinajstić information content (AvgIpc) is 2.81. The van der Waals surface area contributed by atoms with Crippen LogP contribution in [-0.2, 0) is 4.79 Å². The Kier molecular flexibility index (Phi) is 3.19. The van der Waals surface area contributed by atoms with Gasteiger partial charge in [0.15, 0.2) is 0 Å². The van der Waals surface area contributed by atoms with E-state index in [1.807, 2.05) is 0 Å². The fourth-order valence-electron chi connectivity index (χ4n) is 1.70. The standard InChI is InChI=1S/C10H13N3O2S/c1-8(14)12-2-4-13(5-3-12)10(15)9-6-16-7-11-9/h6-7H,2-5H2,1H3. The summed E-state index contributed by atoms with van der Waals surface area (Å²) in [7, 11) is 0. The van der Waals surface area contributed by atoms with E-state index in [-0.39, 0.29) is 11.8 Å². The lowest BCUT2D eigenvalue weighted by Crippen LogP contribution is -2.50. The Balaban J connectivity index is 1.94. The summed E-state index contributed by atoms with van der Waals surface area (Å²) in [5, 5.41) is 1.75. The van der Waals surface area contributed by atoms with Gasteiger partial charge in [0, 0.05) is 38.5 Å². The Labute approximate surface area is 97.7 Å². The van der Waals surface area contributed by atoms with Crippen LogP contribution >= 0.6 is 11.3 Å². The number of hydrogen-bond acceptors (Lipinski definition) is 4. The van der Waals surface area contributed by atoms with Gasteiger partial charge < -0.3 is 9.80 Å². The first-order valence-electron chi connectivity index (χ1n) is 5.11. The van der Waals surface area contributed by atoms with Crippen LogP contribution in [0.4, 0.5) is 0 Å². The highest BCUT2D eigenvalue weighted by molar-refractivity contribution is 7.07. The molecule has 0 aliphatic carbocycles. The van der Waals surface area contributed by atoms with E-state index >= 15 is 0 Å². The van der Waals surface area contributed by atoms with E-state index in [2.05, 4.69) is 4.98 Å². The molecule has 16 heavy (non-hydrogen) atoms. The molecule has 6 heteroatoms. The van der Waals surface area contributed by atoms with Gasteiger partial charge in [0.1, 0.15) is 5.69 Å². The van der Waals surface area contributed by atoms with E-state index in [0.29, 0.717) is 31.9 Å². The Morgan fingerprint density at radius 1 is 1.25 bits per heavy atom. The fraction of sp³-hybridized carbons (Fsp3) is 0.500. The number of hydrogen-bond donors (Lipinski definition) is 0. The number of carbonyl (C=O) groups is 2. The number of amides is 2. The van der Waals surface area contributed by atoms with E-state index in [1.165, 1.54) is 11.3 Å². The number of nitrogens with zero attached hydrogens (tertiary/aromatic N) is 3. The Morgan fingerprint density at radius 3 is 2.38 bits per heavy atom. The summed E-state index contributed by atoms with van der Waals surface area (Å²) in [4.78, 5) is 30.5. The summed E-state index contributed by atoms with van der Waals surface area (Å²) in [5.74, 6) is 0.0326. The second-order valence-electron chi connectivity index (χ2n) is 3.67. The van der Waals surface area contributed by atoms with Gasteiger partial charge in [-0.25, -0.2) is 4.98 Å². The first kappa shape index (κ1) is 11.1. The van der Waals surface area contributed by atoms with Crippen molar-refractivity contribution in [1.82, 2.24) is 14.8 Å². The molecule has 0 radical (unpaired) electrons. The number of piperazine rings is 1. The van der Waals surface area contributed by atoms with Crippen LogP contribution in [0.15, 0.2) is 10.9 Å². The first-order valence-corrected chi connectivity index (χ1v) is 6.06. The van der Waals surface area contributed by atoms with E-state index in [9.17, 15) is 9.59 Å². The molecule has 1 saturated heterocycles.